The van der Waals surface area contributed by atoms with E-state index < -0.39 is 5.54 Å². The molecular weight excluding hydrogens is 303 g/mol. The lowest BCUT2D eigenvalue weighted by Crippen LogP contribution is -2.45. The van der Waals surface area contributed by atoms with Crippen LogP contribution in [0.15, 0.2) is 18.2 Å². The Balaban J connectivity index is 1.97. The predicted molar refractivity (Wildman–Crippen MR) is 87.5 cm³/mol. The van der Waals surface area contributed by atoms with E-state index in [0.717, 1.165) is 31.5 Å². The summed E-state index contributed by atoms with van der Waals surface area (Å²) in [7, 11) is 0. The predicted octanol–water partition coefficient (Wildman–Crippen LogP) is 3.71. The fourth-order valence-corrected chi connectivity index (χ4v) is 3.22. The van der Waals surface area contributed by atoms with Gasteiger partial charge in [-0.2, -0.15) is 0 Å². The smallest absolute Gasteiger partial charge is 0.236 e. The van der Waals surface area contributed by atoms with E-state index in [1.165, 1.54) is 25.0 Å². The number of hydrogen-bond acceptors (Lipinski definition) is 2. The zero-order valence-electron chi connectivity index (χ0n) is 13.3. The summed E-state index contributed by atoms with van der Waals surface area (Å²) in [5.74, 6) is -0.238. The van der Waals surface area contributed by atoms with Gasteiger partial charge in [0, 0.05) is 23.7 Å². The second kappa shape index (κ2) is 7.42. The molecule has 0 unspecified atom stereocenters. The highest BCUT2D eigenvalue weighted by Crippen LogP contribution is 2.28. The van der Waals surface area contributed by atoms with Crippen LogP contribution in [0.1, 0.15) is 45.1 Å². The zero-order valence-corrected chi connectivity index (χ0v) is 14.0. The summed E-state index contributed by atoms with van der Waals surface area (Å²) in [6.07, 6.45) is 4.57. The number of nitrogens with one attached hydrogen (secondary N) is 1. The van der Waals surface area contributed by atoms with Crippen molar-refractivity contribution in [1.29, 1.82) is 0 Å². The van der Waals surface area contributed by atoms with E-state index in [4.69, 9.17) is 11.6 Å². The average Bonchev–Trinajstić information content (AvgIpc) is 2.73. The van der Waals surface area contributed by atoms with Gasteiger partial charge >= 0.3 is 0 Å². The maximum Gasteiger partial charge on any atom is 0.236 e. The van der Waals surface area contributed by atoms with Gasteiger partial charge in [0.1, 0.15) is 5.82 Å². The second-order valence-corrected chi connectivity index (χ2v) is 6.80. The Morgan fingerprint density at radius 1 is 1.27 bits per heavy atom. The quantitative estimate of drug-likeness (QED) is 0.915. The first-order chi connectivity index (χ1) is 10.4. The molecule has 0 atom stereocenters. The highest BCUT2D eigenvalue weighted by Gasteiger charge is 2.25. The first-order valence-corrected chi connectivity index (χ1v) is 8.26. The van der Waals surface area contributed by atoms with Crippen LogP contribution in [0.4, 0.5) is 4.39 Å². The Morgan fingerprint density at radius 3 is 2.50 bits per heavy atom. The summed E-state index contributed by atoms with van der Waals surface area (Å²) >= 11 is 6.12. The normalized spacial score (nSPS) is 16.5. The molecule has 1 saturated heterocycles. The Hall–Kier alpha value is -1.13. The van der Waals surface area contributed by atoms with Gasteiger partial charge in [-0.1, -0.05) is 30.5 Å². The minimum absolute atomic E-state index is 0.119. The molecule has 122 valence electrons. The number of hydrogen-bond donors (Lipinski definition) is 1. The summed E-state index contributed by atoms with van der Waals surface area (Å²) in [6, 6.07) is 4.36. The third kappa shape index (κ3) is 4.43. The molecule has 1 aliphatic rings. The number of nitrogens with zero attached hydrogens (tertiary/aromatic N) is 1. The molecule has 0 aliphatic carbocycles. The standard InChI is InChI=1S/C17H24ClFN2O/c1-17(2,14-8-7-13(19)11-15(14)18)20-12-16(22)21-9-5-3-4-6-10-21/h7-8,11,20H,3-6,9-10,12H2,1-2H3. The molecule has 0 spiro atoms. The van der Waals surface area contributed by atoms with Gasteiger partial charge < -0.3 is 4.90 Å². The van der Waals surface area contributed by atoms with Crippen molar-refractivity contribution in [2.45, 2.75) is 45.1 Å². The van der Waals surface area contributed by atoms with E-state index in [9.17, 15) is 9.18 Å². The zero-order chi connectivity index (χ0) is 16.2. The Morgan fingerprint density at radius 2 is 1.91 bits per heavy atom. The van der Waals surface area contributed by atoms with Crippen LogP contribution in [0.2, 0.25) is 5.02 Å². The lowest BCUT2D eigenvalue weighted by molar-refractivity contribution is -0.130. The summed E-state index contributed by atoms with van der Waals surface area (Å²) in [6.45, 7) is 5.85. The first kappa shape index (κ1) is 17.2. The Kier molecular flexibility index (Phi) is 5.81. The van der Waals surface area contributed by atoms with Crippen molar-refractivity contribution >= 4 is 17.5 Å². The molecule has 0 radical (unpaired) electrons. The SMILES string of the molecule is CC(C)(NCC(=O)N1CCCCCC1)c1ccc(F)cc1Cl. The second-order valence-electron chi connectivity index (χ2n) is 6.40. The van der Waals surface area contributed by atoms with Crippen LogP contribution in [-0.2, 0) is 10.3 Å². The van der Waals surface area contributed by atoms with E-state index in [0.29, 0.717) is 5.02 Å². The molecule has 5 heteroatoms. The van der Waals surface area contributed by atoms with E-state index in [1.807, 2.05) is 18.7 Å². The summed E-state index contributed by atoms with van der Waals surface area (Å²) < 4.78 is 13.2. The topological polar surface area (TPSA) is 32.3 Å². The van der Waals surface area contributed by atoms with Gasteiger partial charge in [-0.05, 0) is 44.4 Å². The highest BCUT2D eigenvalue weighted by molar-refractivity contribution is 6.31. The molecular formula is C17H24ClFN2O. The minimum atomic E-state index is -0.494. The van der Waals surface area contributed by atoms with Gasteiger partial charge in [0.25, 0.3) is 0 Å². The molecule has 1 fully saturated rings. The van der Waals surface area contributed by atoms with Crippen LogP contribution in [0, 0.1) is 5.82 Å². The number of carbonyl (C=O) groups is 1. The van der Waals surface area contributed by atoms with Crippen LogP contribution in [0.3, 0.4) is 0 Å². The molecule has 3 nitrogen and oxygen atoms in total. The number of amides is 1. The lowest BCUT2D eigenvalue weighted by atomic mass is 9.94. The molecule has 1 aromatic carbocycles. The van der Waals surface area contributed by atoms with Crippen molar-refractivity contribution in [2.24, 2.45) is 0 Å². The van der Waals surface area contributed by atoms with Crippen molar-refractivity contribution in [3.8, 4) is 0 Å². The summed E-state index contributed by atoms with van der Waals surface area (Å²) in [4.78, 5) is 14.3. The van der Waals surface area contributed by atoms with Crippen LogP contribution < -0.4 is 5.32 Å². The molecule has 2 rings (SSSR count). The molecule has 1 aromatic rings. The van der Waals surface area contributed by atoms with Crippen LogP contribution in [-0.4, -0.2) is 30.4 Å². The highest BCUT2D eigenvalue weighted by atomic mass is 35.5. The van der Waals surface area contributed by atoms with Gasteiger partial charge in [-0.25, -0.2) is 4.39 Å². The third-order valence-corrected chi connectivity index (χ3v) is 4.56. The Labute approximate surface area is 136 Å². The molecule has 0 bridgehead atoms. The van der Waals surface area contributed by atoms with Crippen LogP contribution in [0.5, 0.6) is 0 Å². The number of carbonyl (C=O) groups excluding carboxylic acids is 1. The van der Waals surface area contributed by atoms with Gasteiger partial charge in [0.15, 0.2) is 0 Å². The Bertz CT molecular complexity index is 525. The van der Waals surface area contributed by atoms with Gasteiger partial charge in [0.05, 0.1) is 6.54 Å². The van der Waals surface area contributed by atoms with Crippen LogP contribution >= 0.6 is 11.6 Å². The fraction of sp³-hybridized carbons (Fsp3) is 0.588. The van der Waals surface area contributed by atoms with E-state index in [2.05, 4.69) is 5.32 Å². The molecule has 1 N–H and O–H groups in total. The average molecular weight is 327 g/mol. The van der Waals surface area contributed by atoms with Crippen molar-refractivity contribution < 1.29 is 9.18 Å². The third-order valence-electron chi connectivity index (χ3n) is 4.24. The summed E-state index contributed by atoms with van der Waals surface area (Å²) in [5.41, 5.74) is 0.297. The largest absolute Gasteiger partial charge is 0.342 e. The van der Waals surface area contributed by atoms with Gasteiger partial charge in [-0.3, -0.25) is 10.1 Å². The maximum absolute atomic E-state index is 13.2. The molecule has 1 amide bonds. The van der Waals surface area contributed by atoms with Gasteiger partial charge in [-0.15, -0.1) is 0 Å². The number of rotatable bonds is 4. The number of likely N-dealkylation sites (tertiary alicyclic amines) is 1. The van der Waals surface area contributed by atoms with E-state index >= 15 is 0 Å². The van der Waals surface area contributed by atoms with Crippen molar-refractivity contribution in [3.05, 3.63) is 34.6 Å². The van der Waals surface area contributed by atoms with E-state index in [1.54, 1.807) is 6.07 Å². The first-order valence-electron chi connectivity index (χ1n) is 7.88. The molecule has 0 aromatic heterocycles. The van der Waals surface area contributed by atoms with E-state index in [-0.39, 0.29) is 18.3 Å². The fourth-order valence-electron chi connectivity index (χ4n) is 2.82. The molecule has 22 heavy (non-hydrogen) atoms. The van der Waals surface area contributed by atoms with Gasteiger partial charge in [0.2, 0.25) is 5.91 Å². The summed E-state index contributed by atoms with van der Waals surface area (Å²) in [5, 5.41) is 3.63. The molecule has 0 saturated carbocycles. The monoisotopic (exact) mass is 326 g/mol. The van der Waals surface area contributed by atoms with Crippen molar-refractivity contribution in [3.63, 3.8) is 0 Å². The van der Waals surface area contributed by atoms with Crippen LogP contribution in [0.25, 0.3) is 0 Å². The number of benzene rings is 1. The van der Waals surface area contributed by atoms with Crippen molar-refractivity contribution in [1.82, 2.24) is 10.2 Å². The lowest BCUT2D eigenvalue weighted by Gasteiger charge is -2.29. The number of halogens is 2. The minimum Gasteiger partial charge on any atom is -0.342 e. The molecule has 1 heterocycles. The molecule has 1 aliphatic heterocycles. The van der Waals surface area contributed by atoms with Crippen molar-refractivity contribution in [2.75, 3.05) is 19.6 Å². The maximum atomic E-state index is 13.2.